The molecule has 2 nitrogen and oxygen atoms in total. The lowest BCUT2D eigenvalue weighted by Gasteiger charge is -2.36. The van der Waals surface area contributed by atoms with Gasteiger partial charge < -0.3 is 4.90 Å². The quantitative estimate of drug-likeness (QED) is 0.753. The number of nitrogens with zero attached hydrogens (tertiary/aromatic N) is 2. The highest BCUT2D eigenvalue weighted by atomic mass is 19.1. The van der Waals surface area contributed by atoms with E-state index >= 15 is 0 Å². The lowest BCUT2D eigenvalue weighted by atomic mass is 9.88. The number of fused-ring (bicyclic) bond motifs is 1. The average Bonchev–Trinajstić information content (AvgIpc) is 3.42. The molecular weight excluding hydrogens is 299 g/mol. The van der Waals surface area contributed by atoms with Crippen LogP contribution < -0.4 is 0 Å². The summed E-state index contributed by atoms with van der Waals surface area (Å²) >= 11 is 0. The number of hydrogen-bond donors (Lipinski definition) is 0. The first-order chi connectivity index (χ1) is 11.6. The van der Waals surface area contributed by atoms with Gasteiger partial charge in [0.25, 0.3) is 0 Å². The number of aromatic nitrogens is 1. The van der Waals surface area contributed by atoms with Gasteiger partial charge in [-0.2, -0.15) is 0 Å². The van der Waals surface area contributed by atoms with Gasteiger partial charge in [-0.1, -0.05) is 25.3 Å². The second kappa shape index (κ2) is 5.45. The molecular formula is C21H19FN2. The molecule has 0 N–H and O–H groups in total. The second-order valence-electron chi connectivity index (χ2n) is 6.42. The number of rotatable bonds is 3. The maximum absolute atomic E-state index is 14.9. The Morgan fingerprint density at radius 2 is 2.17 bits per heavy atom. The summed E-state index contributed by atoms with van der Waals surface area (Å²) in [6.07, 6.45) is 11.3. The first kappa shape index (κ1) is 14.9. The van der Waals surface area contributed by atoms with Gasteiger partial charge in [-0.05, 0) is 54.5 Å². The van der Waals surface area contributed by atoms with E-state index in [4.69, 9.17) is 0 Å². The summed E-state index contributed by atoms with van der Waals surface area (Å²) in [5, 5.41) is 0. The van der Waals surface area contributed by atoms with Gasteiger partial charge in [-0.3, -0.25) is 4.98 Å². The second-order valence-corrected chi connectivity index (χ2v) is 6.42. The third kappa shape index (κ3) is 2.20. The van der Waals surface area contributed by atoms with Crippen molar-refractivity contribution in [1.29, 1.82) is 0 Å². The first-order valence-corrected chi connectivity index (χ1v) is 8.18. The van der Waals surface area contributed by atoms with E-state index in [1.54, 1.807) is 24.7 Å². The highest BCUT2D eigenvalue weighted by Crippen LogP contribution is 2.49. The largest absolute Gasteiger partial charge is 0.314 e. The van der Waals surface area contributed by atoms with E-state index in [9.17, 15) is 4.39 Å². The van der Waals surface area contributed by atoms with Gasteiger partial charge in [0.2, 0.25) is 0 Å². The Kier molecular flexibility index (Phi) is 3.38. The van der Waals surface area contributed by atoms with Crippen molar-refractivity contribution in [3.05, 3.63) is 95.5 Å². The molecule has 3 heteroatoms. The van der Waals surface area contributed by atoms with E-state index in [-0.39, 0.29) is 5.83 Å². The van der Waals surface area contributed by atoms with E-state index in [0.717, 1.165) is 28.1 Å². The maximum atomic E-state index is 14.9. The number of hydrogen-bond acceptors (Lipinski definition) is 2. The van der Waals surface area contributed by atoms with Crippen molar-refractivity contribution in [2.75, 3.05) is 0 Å². The molecule has 0 spiro atoms. The predicted octanol–water partition coefficient (Wildman–Crippen LogP) is 5.29. The summed E-state index contributed by atoms with van der Waals surface area (Å²) in [6.45, 7) is 10.00. The Hall–Kier alpha value is -2.68. The molecule has 2 aliphatic heterocycles. The molecule has 3 aliphatic rings. The molecule has 24 heavy (non-hydrogen) atoms. The fourth-order valence-corrected chi connectivity index (χ4v) is 3.49. The van der Waals surface area contributed by atoms with Crippen LogP contribution in [0.2, 0.25) is 0 Å². The summed E-state index contributed by atoms with van der Waals surface area (Å²) in [4.78, 5) is 6.02. The van der Waals surface area contributed by atoms with Crippen LogP contribution in [-0.2, 0) is 0 Å². The Labute approximate surface area is 141 Å². The summed E-state index contributed by atoms with van der Waals surface area (Å²) in [6, 6.07) is 3.73. The minimum absolute atomic E-state index is 0.258. The maximum Gasteiger partial charge on any atom is 0.147 e. The topological polar surface area (TPSA) is 16.1 Å². The normalized spacial score (nSPS) is 20.8. The van der Waals surface area contributed by atoms with Crippen LogP contribution in [0.5, 0.6) is 0 Å². The monoisotopic (exact) mass is 318 g/mol. The van der Waals surface area contributed by atoms with Crippen molar-refractivity contribution in [3.63, 3.8) is 0 Å². The Morgan fingerprint density at radius 1 is 1.38 bits per heavy atom. The Balaban J connectivity index is 1.96. The Bertz CT molecular complexity index is 864. The van der Waals surface area contributed by atoms with Crippen molar-refractivity contribution in [2.24, 2.45) is 5.92 Å². The standard InChI is InChI=1S/C21H19FN2/c1-4-15-10-18(16-7-8-16)21-13(2)20(17-6-5-9-23-11-17)19(22)12-24(21)14(15)3/h4-6,9-12,16H,1,3,7-8H2,2H3. The third-order valence-electron chi connectivity index (χ3n) is 4.85. The van der Waals surface area contributed by atoms with Crippen molar-refractivity contribution in [2.45, 2.75) is 19.8 Å². The van der Waals surface area contributed by atoms with Gasteiger partial charge >= 0.3 is 0 Å². The molecule has 1 aliphatic carbocycles. The van der Waals surface area contributed by atoms with E-state index in [1.165, 1.54) is 18.4 Å². The van der Waals surface area contributed by atoms with Crippen molar-refractivity contribution in [1.82, 2.24) is 9.88 Å². The van der Waals surface area contributed by atoms with Crippen LogP contribution in [0, 0.1) is 5.92 Å². The van der Waals surface area contributed by atoms with Crippen LogP contribution >= 0.6 is 0 Å². The fourth-order valence-electron chi connectivity index (χ4n) is 3.49. The lowest BCUT2D eigenvalue weighted by Crippen LogP contribution is -2.26. The molecule has 0 unspecified atom stereocenters. The zero-order chi connectivity index (χ0) is 16.8. The van der Waals surface area contributed by atoms with Crippen LogP contribution in [0.15, 0.2) is 90.0 Å². The van der Waals surface area contributed by atoms with Crippen molar-refractivity contribution < 1.29 is 4.39 Å². The molecule has 3 heterocycles. The van der Waals surface area contributed by atoms with Gasteiger partial charge in [0.15, 0.2) is 0 Å². The molecule has 1 saturated carbocycles. The SMILES string of the molecule is C=CC1=CC(C2CC2)=C2C(C)=C(c3cccnc3)C(F)=CN2C1=C. The van der Waals surface area contributed by atoms with Crippen LogP contribution in [0.4, 0.5) is 4.39 Å². The predicted molar refractivity (Wildman–Crippen MR) is 95.0 cm³/mol. The van der Waals surface area contributed by atoms with Gasteiger partial charge in [0, 0.05) is 35.4 Å². The van der Waals surface area contributed by atoms with E-state index in [2.05, 4.69) is 24.2 Å². The summed E-state index contributed by atoms with van der Waals surface area (Å²) in [7, 11) is 0. The highest BCUT2D eigenvalue weighted by Gasteiger charge is 2.36. The van der Waals surface area contributed by atoms with Crippen molar-refractivity contribution >= 4 is 5.57 Å². The van der Waals surface area contributed by atoms with Gasteiger partial charge in [-0.15, -0.1) is 0 Å². The Morgan fingerprint density at radius 3 is 2.79 bits per heavy atom. The molecule has 1 aromatic heterocycles. The molecule has 0 aromatic carbocycles. The molecule has 1 fully saturated rings. The van der Waals surface area contributed by atoms with Crippen LogP contribution in [-0.4, -0.2) is 9.88 Å². The lowest BCUT2D eigenvalue weighted by molar-refractivity contribution is 0.533. The van der Waals surface area contributed by atoms with E-state index < -0.39 is 0 Å². The fraction of sp³-hybridized carbons (Fsp3) is 0.190. The number of allylic oxidation sites excluding steroid dienone is 6. The van der Waals surface area contributed by atoms with Gasteiger partial charge in [-0.25, -0.2) is 4.39 Å². The number of halogens is 1. The highest BCUT2D eigenvalue weighted by molar-refractivity contribution is 5.84. The first-order valence-electron chi connectivity index (χ1n) is 8.18. The van der Waals surface area contributed by atoms with Crippen LogP contribution in [0.3, 0.4) is 0 Å². The van der Waals surface area contributed by atoms with E-state index in [1.807, 2.05) is 24.0 Å². The van der Waals surface area contributed by atoms with Gasteiger partial charge in [0.05, 0.1) is 5.70 Å². The molecule has 1 aromatic rings. The zero-order valence-corrected chi connectivity index (χ0v) is 13.7. The van der Waals surface area contributed by atoms with Crippen LogP contribution in [0.25, 0.3) is 5.57 Å². The summed E-state index contributed by atoms with van der Waals surface area (Å²) < 4.78 is 14.9. The van der Waals surface area contributed by atoms with Crippen LogP contribution in [0.1, 0.15) is 25.3 Å². The summed E-state index contributed by atoms with van der Waals surface area (Å²) in [5.41, 5.74) is 6.41. The smallest absolute Gasteiger partial charge is 0.147 e. The number of pyridine rings is 1. The molecule has 0 bridgehead atoms. The van der Waals surface area contributed by atoms with Crippen molar-refractivity contribution in [3.8, 4) is 0 Å². The van der Waals surface area contributed by atoms with E-state index in [0.29, 0.717) is 11.5 Å². The molecule has 0 radical (unpaired) electrons. The summed E-state index contributed by atoms with van der Waals surface area (Å²) in [5.74, 6) is 0.288. The molecule has 0 atom stereocenters. The molecule has 0 saturated heterocycles. The minimum Gasteiger partial charge on any atom is -0.314 e. The molecule has 120 valence electrons. The zero-order valence-electron chi connectivity index (χ0n) is 13.7. The average molecular weight is 318 g/mol. The third-order valence-corrected chi connectivity index (χ3v) is 4.85. The minimum atomic E-state index is -0.258. The van der Waals surface area contributed by atoms with Gasteiger partial charge in [0.1, 0.15) is 5.83 Å². The molecule has 0 amide bonds. The molecule has 4 rings (SSSR count).